The van der Waals surface area contributed by atoms with Crippen molar-refractivity contribution < 1.29 is 17.2 Å². The van der Waals surface area contributed by atoms with Gasteiger partial charge in [0, 0.05) is 16.8 Å². The van der Waals surface area contributed by atoms with Crippen LogP contribution < -0.4 is 4.72 Å². The summed E-state index contributed by atoms with van der Waals surface area (Å²) >= 11 is 0. The zero-order chi connectivity index (χ0) is 19.6. The normalized spacial score (nSPS) is 11.3. The molecule has 0 unspecified atom stereocenters. The van der Waals surface area contributed by atoms with E-state index in [1.807, 2.05) is 30.3 Å². The van der Waals surface area contributed by atoms with Crippen LogP contribution in [0, 0.1) is 5.82 Å². The maximum absolute atomic E-state index is 13.0. The third kappa shape index (κ3) is 3.77. The number of aromatic nitrogens is 2. The van der Waals surface area contributed by atoms with Crippen LogP contribution in [0.4, 0.5) is 10.1 Å². The fourth-order valence-electron chi connectivity index (χ4n) is 2.57. The highest BCUT2D eigenvalue weighted by atomic mass is 32.2. The van der Waals surface area contributed by atoms with E-state index in [2.05, 4.69) is 14.9 Å². The predicted octanol–water partition coefficient (Wildman–Crippen LogP) is 4.34. The smallest absolute Gasteiger partial charge is 0.261 e. The van der Waals surface area contributed by atoms with Crippen molar-refractivity contribution >= 4 is 15.7 Å². The summed E-state index contributed by atoms with van der Waals surface area (Å²) < 4.78 is 46.3. The maximum Gasteiger partial charge on any atom is 0.261 e. The predicted molar refractivity (Wildman–Crippen MR) is 102 cm³/mol. The minimum Gasteiger partial charge on any atom is -0.416 e. The summed E-state index contributed by atoms with van der Waals surface area (Å²) in [5, 5.41) is 8.02. The highest BCUT2D eigenvalue weighted by Gasteiger charge is 2.17. The van der Waals surface area contributed by atoms with E-state index >= 15 is 0 Å². The number of rotatable bonds is 5. The van der Waals surface area contributed by atoms with Crippen molar-refractivity contribution in [2.75, 3.05) is 4.72 Å². The van der Waals surface area contributed by atoms with Crippen molar-refractivity contribution in [3.8, 4) is 22.9 Å². The van der Waals surface area contributed by atoms with Gasteiger partial charge in [-0.15, -0.1) is 10.2 Å². The van der Waals surface area contributed by atoms with Gasteiger partial charge in [0.2, 0.25) is 11.8 Å². The molecule has 4 rings (SSSR count). The minimum absolute atomic E-state index is 0.0220. The molecule has 4 aromatic rings. The molecule has 3 aromatic carbocycles. The number of anilines is 1. The van der Waals surface area contributed by atoms with Gasteiger partial charge in [-0.05, 0) is 54.6 Å². The van der Waals surface area contributed by atoms with Crippen LogP contribution in [0.5, 0.6) is 0 Å². The standard InChI is InChI=1S/C20H14FN3O3S/c21-16-9-11-17(12-10-16)24-28(25,26)18-8-4-7-15(13-18)20-23-22-19(27-20)14-5-2-1-3-6-14/h1-13,24H. The van der Waals surface area contributed by atoms with E-state index in [0.29, 0.717) is 11.5 Å². The summed E-state index contributed by atoms with van der Waals surface area (Å²) in [6.45, 7) is 0. The summed E-state index contributed by atoms with van der Waals surface area (Å²) in [6.07, 6.45) is 0. The Labute approximate surface area is 160 Å². The van der Waals surface area contributed by atoms with Gasteiger partial charge < -0.3 is 4.42 Å². The number of hydrogen-bond donors (Lipinski definition) is 1. The zero-order valence-electron chi connectivity index (χ0n) is 14.4. The highest BCUT2D eigenvalue weighted by molar-refractivity contribution is 7.92. The molecule has 1 aromatic heterocycles. The SMILES string of the molecule is O=S(=O)(Nc1ccc(F)cc1)c1cccc(-c2nnc(-c3ccccc3)o2)c1. The van der Waals surface area contributed by atoms with Crippen molar-refractivity contribution in [2.45, 2.75) is 4.90 Å². The van der Waals surface area contributed by atoms with Gasteiger partial charge in [0.15, 0.2) is 0 Å². The average molecular weight is 395 g/mol. The third-order valence-electron chi connectivity index (χ3n) is 3.93. The van der Waals surface area contributed by atoms with Crippen LogP contribution in [0.1, 0.15) is 0 Å². The van der Waals surface area contributed by atoms with E-state index in [0.717, 1.165) is 5.56 Å². The molecular weight excluding hydrogens is 381 g/mol. The van der Waals surface area contributed by atoms with E-state index in [1.54, 1.807) is 12.1 Å². The Morgan fingerprint density at radius 1 is 0.786 bits per heavy atom. The molecule has 0 amide bonds. The lowest BCUT2D eigenvalue weighted by atomic mass is 10.2. The molecule has 6 nitrogen and oxygen atoms in total. The molecule has 1 heterocycles. The summed E-state index contributed by atoms with van der Waals surface area (Å²) in [5.74, 6) is 0.0986. The number of hydrogen-bond acceptors (Lipinski definition) is 5. The molecule has 0 aliphatic carbocycles. The largest absolute Gasteiger partial charge is 0.416 e. The Morgan fingerprint density at radius 3 is 2.14 bits per heavy atom. The van der Waals surface area contributed by atoms with E-state index in [-0.39, 0.29) is 16.5 Å². The second-order valence-corrected chi connectivity index (χ2v) is 7.60. The van der Waals surface area contributed by atoms with Crippen molar-refractivity contribution in [3.63, 3.8) is 0 Å². The van der Waals surface area contributed by atoms with Crippen molar-refractivity contribution in [1.82, 2.24) is 10.2 Å². The lowest BCUT2D eigenvalue weighted by molar-refractivity contribution is 0.584. The molecule has 0 saturated heterocycles. The van der Waals surface area contributed by atoms with Gasteiger partial charge in [-0.1, -0.05) is 24.3 Å². The Morgan fingerprint density at radius 2 is 1.43 bits per heavy atom. The zero-order valence-corrected chi connectivity index (χ0v) is 15.2. The van der Waals surface area contributed by atoms with Crippen molar-refractivity contribution in [2.24, 2.45) is 0 Å². The third-order valence-corrected chi connectivity index (χ3v) is 5.31. The second kappa shape index (κ2) is 7.24. The van der Waals surface area contributed by atoms with E-state index < -0.39 is 15.8 Å². The van der Waals surface area contributed by atoms with Crippen LogP contribution in [0.15, 0.2) is 88.2 Å². The van der Waals surface area contributed by atoms with E-state index in [9.17, 15) is 12.8 Å². The number of benzene rings is 3. The fraction of sp³-hybridized carbons (Fsp3) is 0. The highest BCUT2D eigenvalue weighted by Crippen LogP contribution is 2.26. The molecule has 0 bridgehead atoms. The first-order chi connectivity index (χ1) is 13.5. The average Bonchev–Trinajstić information content (AvgIpc) is 3.21. The first-order valence-electron chi connectivity index (χ1n) is 8.29. The number of halogens is 1. The molecule has 0 atom stereocenters. The topological polar surface area (TPSA) is 85.1 Å². The quantitative estimate of drug-likeness (QED) is 0.543. The van der Waals surface area contributed by atoms with Crippen LogP contribution in [-0.2, 0) is 10.0 Å². The fourth-order valence-corrected chi connectivity index (χ4v) is 3.67. The molecule has 140 valence electrons. The van der Waals surface area contributed by atoms with Crippen molar-refractivity contribution in [3.05, 3.63) is 84.7 Å². The summed E-state index contributed by atoms with van der Waals surface area (Å²) in [7, 11) is -3.86. The van der Waals surface area contributed by atoms with Gasteiger partial charge in [0.1, 0.15) is 5.82 Å². The van der Waals surface area contributed by atoms with Gasteiger partial charge >= 0.3 is 0 Å². The molecule has 0 aliphatic heterocycles. The molecule has 8 heteroatoms. The van der Waals surface area contributed by atoms with Crippen LogP contribution >= 0.6 is 0 Å². The van der Waals surface area contributed by atoms with Crippen molar-refractivity contribution in [1.29, 1.82) is 0 Å². The molecule has 0 radical (unpaired) electrons. The van der Waals surface area contributed by atoms with Crippen LogP contribution in [0.25, 0.3) is 22.9 Å². The minimum atomic E-state index is -3.86. The van der Waals surface area contributed by atoms with Gasteiger partial charge in [-0.3, -0.25) is 4.72 Å². The first-order valence-corrected chi connectivity index (χ1v) is 9.77. The van der Waals surface area contributed by atoms with Crippen LogP contribution in [0.3, 0.4) is 0 Å². The van der Waals surface area contributed by atoms with E-state index in [4.69, 9.17) is 4.42 Å². The Bertz CT molecular complexity index is 1210. The lowest BCUT2D eigenvalue weighted by Gasteiger charge is -2.08. The monoisotopic (exact) mass is 395 g/mol. The summed E-state index contributed by atoms with van der Waals surface area (Å²) in [4.78, 5) is 0.0220. The molecular formula is C20H14FN3O3S. The summed E-state index contributed by atoms with van der Waals surface area (Å²) in [5.41, 5.74) is 1.50. The maximum atomic E-state index is 13.0. The molecule has 0 aliphatic rings. The van der Waals surface area contributed by atoms with Gasteiger partial charge in [-0.2, -0.15) is 0 Å². The molecule has 1 N–H and O–H groups in total. The number of nitrogens with one attached hydrogen (secondary N) is 1. The molecule has 0 spiro atoms. The van der Waals surface area contributed by atoms with Gasteiger partial charge in [0.05, 0.1) is 4.90 Å². The molecule has 0 saturated carbocycles. The Balaban J connectivity index is 1.63. The van der Waals surface area contributed by atoms with Crippen LogP contribution in [0.2, 0.25) is 0 Å². The Kier molecular flexibility index (Phi) is 4.62. The number of nitrogens with zero attached hydrogens (tertiary/aromatic N) is 2. The Hall–Kier alpha value is -3.52. The van der Waals surface area contributed by atoms with Gasteiger partial charge in [-0.25, -0.2) is 12.8 Å². The van der Waals surface area contributed by atoms with Crippen LogP contribution in [-0.4, -0.2) is 18.6 Å². The van der Waals surface area contributed by atoms with E-state index in [1.165, 1.54) is 36.4 Å². The summed E-state index contributed by atoms with van der Waals surface area (Å²) in [6, 6.07) is 20.5. The lowest BCUT2D eigenvalue weighted by Crippen LogP contribution is -2.12. The first kappa shape index (κ1) is 17.9. The second-order valence-electron chi connectivity index (χ2n) is 5.92. The van der Waals surface area contributed by atoms with Gasteiger partial charge in [0.25, 0.3) is 10.0 Å². The molecule has 28 heavy (non-hydrogen) atoms. The molecule has 0 fully saturated rings. The number of sulfonamides is 1.